The number of nitrogens with zero attached hydrogens (tertiary/aromatic N) is 3. The van der Waals surface area contributed by atoms with Crippen LogP contribution in [-0.4, -0.2) is 41.8 Å². The third-order valence-corrected chi connectivity index (χ3v) is 5.84. The van der Waals surface area contributed by atoms with Crippen LogP contribution in [-0.2, 0) is 20.3 Å². The second-order valence-corrected chi connectivity index (χ2v) is 8.60. The van der Waals surface area contributed by atoms with E-state index in [-0.39, 0.29) is 22.8 Å². The molecule has 1 aromatic heterocycles. The van der Waals surface area contributed by atoms with Crippen molar-refractivity contribution < 1.29 is 32.3 Å². The van der Waals surface area contributed by atoms with E-state index >= 15 is 0 Å². The molecule has 0 bridgehead atoms. The number of hydrazone groups is 1. The van der Waals surface area contributed by atoms with Crippen molar-refractivity contribution in [2.24, 2.45) is 11.0 Å². The first-order valence-electron chi connectivity index (χ1n) is 11.8. The Balaban J connectivity index is 1.59. The highest BCUT2D eigenvalue weighted by Crippen LogP contribution is 2.36. The van der Waals surface area contributed by atoms with Gasteiger partial charge in [0.25, 0.3) is 11.8 Å². The highest BCUT2D eigenvalue weighted by atomic mass is 19.3. The van der Waals surface area contributed by atoms with Crippen molar-refractivity contribution in [3.05, 3.63) is 72.4 Å². The lowest BCUT2D eigenvalue weighted by Crippen LogP contribution is -2.37. The molecule has 0 radical (unpaired) electrons. The van der Waals surface area contributed by atoms with Crippen molar-refractivity contribution in [2.45, 2.75) is 26.1 Å². The highest BCUT2D eigenvalue weighted by Gasteiger charge is 2.42. The molecular weight excluding hydrogens is 515 g/mol. The van der Waals surface area contributed by atoms with E-state index in [0.717, 1.165) is 24.2 Å². The average Bonchev–Trinajstić information content (AvgIpc) is 3.22. The molecule has 2 unspecified atom stereocenters. The van der Waals surface area contributed by atoms with Gasteiger partial charge in [0.1, 0.15) is 5.75 Å². The summed E-state index contributed by atoms with van der Waals surface area (Å²) in [5.41, 5.74) is 0.656. The Hall–Kier alpha value is -4.74. The summed E-state index contributed by atoms with van der Waals surface area (Å²) >= 11 is 0. The first kappa shape index (κ1) is 27.3. The largest absolute Gasteiger partial charge is 0.460 e. The molecule has 39 heavy (non-hydrogen) atoms. The molecule has 2 heterocycles. The van der Waals surface area contributed by atoms with Gasteiger partial charge in [0, 0.05) is 37.0 Å². The van der Waals surface area contributed by atoms with Gasteiger partial charge in [0.05, 0.1) is 17.1 Å². The standard InChI is InChI=1S/C27H24F3N5O4/c1-15-23(24(36)33-18-8-6-7-17(13-18)27(29,30)26(38)31-3)25(37)35(34-15)19-10-11-22(39-16(2)28)20(14-19)21-9-4-5-12-32-21/h4-14,16,23H,1-3H3,(H,31,38)(H,33,36). The zero-order valence-corrected chi connectivity index (χ0v) is 21.1. The molecule has 202 valence electrons. The van der Waals surface area contributed by atoms with E-state index in [1.165, 1.54) is 38.1 Å². The molecule has 0 fully saturated rings. The van der Waals surface area contributed by atoms with Crippen LogP contribution in [0.4, 0.5) is 24.5 Å². The number of alkyl halides is 3. The minimum atomic E-state index is -3.83. The van der Waals surface area contributed by atoms with Crippen molar-refractivity contribution in [3.63, 3.8) is 0 Å². The maximum atomic E-state index is 14.3. The van der Waals surface area contributed by atoms with Crippen LogP contribution in [0, 0.1) is 5.92 Å². The molecule has 9 nitrogen and oxygen atoms in total. The van der Waals surface area contributed by atoms with Crippen LogP contribution in [0.2, 0.25) is 0 Å². The number of hydrogen-bond acceptors (Lipinski definition) is 6. The Labute approximate surface area is 221 Å². The molecular formula is C27H24F3N5O4. The average molecular weight is 540 g/mol. The molecule has 1 aliphatic rings. The summed E-state index contributed by atoms with van der Waals surface area (Å²) in [6.07, 6.45) is -0.0525. The van der Waals surface area contributed by atoms with Gasteiger partial charge in [0.2, 0.25) is 12.3 Å². The van der Waals surface area contributed by atoms with Gasteiger partial charge in [-0.2, -0.15) is 18.9 Å². The fraction of sp³-hybridized carbons (Fsp3) is 0.222. The van der Waals surface area contributed by atoms with E-state index in [0.29, 0.717) is 11.3 Å². The van der Waals surface area contributed by atoms with Crippen LogP contribution in [0.25, 0.3) is 11.3 Å². The van der Waals surface area contributed by atoms with Crippen LogP contribution < -0.4 is 20.4 Å². The Morgan fingerprint density at radius 2 is 1.87 bits per heavy atom. The minimum Gasteiger partial charge on any atom is -0.460 e. The lowest BCUT2D eigenvalue weighted by Gasteiger charge is -2.18. The molecule has 0 aliphatic carbocycles. The predicted octanol–water partition coefficient (Wildman–Crippen LogP) is 4.26. The smallest absolute Gasteiger partial charge is 0.349 e. The fourth-order valence-electron chi connectivity index (χ4n) is 4.00. The molecule has 0 spiro atoms. The van der Waals surface area contributed by atoms with Gasteiger partial charge >= 0.3 is 5.92 Å². The Bertz CT molecular complexity index is 1450. The number of carbonyl (C=O) groups is 3. The van der Waals surface area contributed by atoms with E-state index in [4.69, 9.17) is 4.74 Å². The third-order valence-electron chi connectivity index (χ3n) is 5.84. The molecule has 2 atom stereocenters. The number of nitrogens with one attached hydrogen (secondary N) is 2. The molecule has 2 N–H and O–H groups in total. The molecule has 3 amide bonds. The molecule has 3 aromatic rings. The molecule has 4 rings (SSSR count). The van der Waals surface area contributed by atoms with Crippen LogP contribution in [0.5, 0.6) is 5.75 Å². The van der Waals surface area contributed by atoms with Crippen LogP contribution in [0.1, 0.15) is 19.4 Å². The number of ether oxygens (including phenoxy) is 1. The Morgan fingerprint density at radius 3 is 2.54 bits per heavy atom. The van der Waals surface area contributed by atoms with Gasteiger partial charge < -0.3 is 15.4 Å². The minimum absolute atomic E-state index is 0.0283. The summed E-state index contributed by atoms with van der Waals surface area (Å²) < 4.78 is 47.6. The number of benzene rings is 2. The number of hydrogen-bond donors (Lipinski definition) is 2. The van der Waals surface area contributed by atoms with Gasteiger partial charge in [-0.3, -0.25) is 19.4 Å². The molecule has 1 aliphatic heterocycles. The lowest BCUT2D eigenvalue weighted by atomic mass is 10.0. The topological polar surface area (TPSA) is 113 Å². The Kier molecular flexibility index (Phi) is 7.65. The number of anilines is 2. The zero-order chi connectivity index (χ0) is 28.3. The number of pyridine rings is 1. The van der Waals surface area contributed by atoms with Gasteiger partial charge in [-0.15, -0.1) is 0 Å². The lowest BCUT2D eigenvalue weighted by molar-refractivity contribution is -0.146. The van der Waals surface area contributed by atoms with Crippen LogP contribution >= 0.6 is 0 Å². The first-order chi connectivity index (χ1) is 18.5. The van der Waals surface area contributed by atoms with Gasteiger partial charge in [-0.1, -0.05) is 18.2 Å². The predicted molar refractivity (Wildman–Crippen MR) is 138 cm³/mol. The fourth-order valence-corrected chi connectivity index (χ4v) is 4.00. The second kappa shape index (κ2) is 10.9. The summed E-state index contributed by atoms with van der Waals surface area (Å²) in [5.74, 6) is -7.95. The van der Waals surface area contributed by atoms with E-state index in [1.54, 1.807) is 30.5 Å². The van der Waals surface area contributed by atoms with Gasteiger partial charge in [-0.25, -0.2) is 4.39 Å². The number of aromatic nitrogens is 1. The molecule has 0 saturated heterocycles. The van der Waals surface area contributed by atoms with Crippen molar-refractivity contribution in [1.82, 2.24) is 10.3 Å². The maximum Gasteiger partial charge on any atom is 0.349 e. The molecule has 2 aromatic carbocycles. The van der Waals surface area contributed by atoms with Crippen molar-refractivity contribution in [3.8, 4) is 17.0 Å². The van der Waals surface area contributed by atoms with E-state index in [9.17, 15) is 27.6 Å². The van der Waals surface area contributed by atoms with Gasteiger partial charge in [0.15, 0.2) is 5.92 Å². The van der Waals surface area contributed by atoms with E-state index in [1.807, 2.05) is 5.32 Å². The number of halogens is 3. The van der Waals surface area contributed by atoms with Crippen molar-refractivity contribution in [1.29, 1.82) is 0 Å². The second-order valence-electron chi connectivity index (χ2n) is 8.60. The molecule has 12 heteroatoms. The van der Waals surface area contributed by atoms with Crippen molar-refractivity contribution >= 4 is 34.8 Å². The van der Waals surface area contributed by atoms with E-state index < -0.39 is 41.5 Å². The summed E-state index contributed by atoms with van der Waals surface area (Å²) in [7, 11) is 1.09. The third kappa shape index (κ3) is 5.59. The zero-order valence-electron chi connectivity index (χ0n) is 21.1. The first-order valence-corrected chi connectivity index (χ1v) is 11.8. The molecule has 0 saturated carbocycles. The number of rotatable bonds is 8. The SMILES string of the molecule is CNC(=O)C(F)(F)c1cccc(NC(=O)C2C(=O)N(c3ccc(OC(C)F)c(-c4ccccn4)c3)N=C2C)c1. The summed E-state index contributed by atoms with van der Waals surface area (Å²) in [4.78, 5) is 42.2. The number of likely N-dealkylation sites (N-methyl/N-ethyl adjacent to an activating group) is 1. The summed E-state index contributed by atoms with van der Waals surface area (Å²) in [6, 6.07) is 14.3. The summed E-state index contributed by atoms with van der Waals surface area (Å²) in [5, 5.41) is 9.61. The quantitative estimate of drug-likeness (QED) is 0.416. The Morgan fingerprint density at radius 1 is 1.10 bits per heavy atom. The van der Waals surface area contributed by atoms with Crippen molar-refractivity contribution in [2.75, 3.05) is 17.4 Å². The normalized spacial score (nSPS) is 15.9. The monoisotopic (exact) mass is 539 g/mol. The highest BCUT2D eigenvalue weighted by molar-refractivity contribution is 6.28. The number of amides is 3. The van der Waals surface area contributed by atoms with Gasteiger partial charge in [-0.05, 0) is 49.4 Å². The maximum absolute atomic E-state index is 14.3. The van der Waals surface area contributed by atoms with Crippen LogP contribution in [0.15, 0.2) is 72.0 Å². The van der Waals surface area contributed by atoms with Crippen LogP contribution in [0.3, 0.4) is 0 Å². The van der Waals surface area contributed by atoms with E-state index in [2.05, 4.69) is 15.4 Å². The summed E-state index contributed by atoms with van der Waals surface area (Å²) in [6.45, 7) is 2.71. The number of carbonyl (C=O) groups excluding carboxylic acids is 3.